The highest BCUT2D eigenvalue weighted by atomic mass is 127. The fraction of sp³-hybridized carbons (Fsp3) is 0.381. The molecule has 6 nitrogen and oxygen atoms in total. The van der Waals surface area contributed by atoms with E-state index in [-0.39, 0.29) is 23.9 Å². The fourth-order valence-electron chi connectivity index (χ4n) is 4.34. The lowest BCUT2D eigenvalue weighted by molar-refractivity contribution is -0.117. The number of aromatic nitrogens is 1. The Morgan fingerprint density at radius 1 is 1.25 bits per heavy atom. The number of halogens is 1. The van der Waals surface area contributed by atoms with Crippen LogP contribution in [0.15, 0.2) is 36.5 Å². The molecule has 3 atom stereocenters. The molecule has 2 heterocycles. The van der Waals surface area contributed by atoms with Gasteiger partial charge < -0.3 is 16.0 Å². The van der Waals surface area contributed by atoms with Crippen molar-refractivity contribution in [2.75, 3.05) is 10.2 Å². The summed E-state index contributed by atoms with van der Waals surface area (Å²) in [5.74, 6) is 1.01. The van der Waals surface area contributed by atoms with Gasteiger partial charge in [-0.3, -0.25) is 9.59 Å². The molecule has 2 aliphatic rings. The molecule has 1 fully saturated rings. The Balaban J connectivity index is 1.82. The van der Waals surface area contributed by atoms with E-state index in [2.05, 4.69) is 39.8 Å². The van der Waals surface area contributed by atoms with Crippen molar-refractivity contribution in [2.24, 2.45) is 17.6 Å². The molecule has 0 radical (unpaired) electrons. The van der Waals surface area contributed by atoms with Crippen LogP contribution < -0.4 is 16.0 Å². The molecule has 1 saturated carbocycles. The lowest BCUT2D eigenvalue weighted by Crippen LogP contribution is -2.51. The van der Waals surface area contributed by atoms with Crippen molar-refractivity contribution < 1.29 is 9.59 Å². The van der Waals surface area contributed by atoms with Crippen LogP contribution in [0, 0.1) is 15.4 Å². The molecule has 0 spiro atoms. The van der Waals surface area contributed by atoms with Gasteiger partial charge in [-0.25, -0.2) is 4.98 Å². The molecule has 1 aromatic heterocycles. The van der Waals surface area contributed by atoms with Crippen molar-refractivity contribution in [1.82, 2.24) is 4.98 Å². The summed E-state index contributed by atoms with van der Waals surface area (Å²) in [6, 6.07) is 9.40. The number of primary amides is 1. The lowest BCUT2D eigenvalue weighted by Gasteiger charge is -2.46. The molecule has 146 valence electrons. The van der Waals surface area contributed by atoms with E-state index < -0.39 is 5.91 Å². The van der Waals surface area contributed by atoms with Gasteiger partial charge in [0.2, 0.25) is 11.8 Å². The zero-order valence-electron chi connectivity index (χ0n) is 15.9. The number of anilines is 2. The molecule has 4 rings (SSSR count). The smallest absolute Gasteiger partial charge is 0.248 e. The molecule has 2 aromatic rings. The van der Waals surface area contributed by atoms with Gasteiger partial charge in [0.15, 0.2) is 0 Å². The lowest BCUT2D eigenvalue weighted by atomic mass is 9.79. The van der Waals surface area contributed by atoms with E-state index in [0.717, 1.165) is 33.5 Å². The first kappa shape index (κ1) is 19.2. The average molecular weight is 490 g/mol. The topological polar surface area (TPSA) is 88.3 Å². The van der Waals surface area contributed by atoms with Gasteiger partial charge in [0.05, 0.1) is 6.04 Å². The first-order valence-corrected chi connectivity index (χ1v) is 10.6. The van der Waals surface area contributed by atoms with E-state index in [1.165, 1.54) is 0 Å². The normalized spacial score (nSPS) is 23.8. The predicted molar refractivity (Wildman–Crippen MR) is 117 cm³/mol. The number of nitrogens with zero attached hydrogens (tertiary/aromatic N) is 2. The third kappa shape index (κ3) is 3.47. The molecule has 3 N–H and O–H groups in total. The Morgan fingerprint density at radius 3 is 2.57 bits per heavy atom. The van der Waals surface area contributed by atoms with Crippen LogP contribution in [0.25, 0.3) is 0 Å². The molecule has 0 saturated heterocycles. The third-order valence-corrected chi connectivity index (χ3v) is 6.38. The minimum atomic E-state index is -0.472. The zero-order valence-corrected chi connectivity index (χ0v) is 18.0. The molecule has 7 heteroatoms. The van der Waals surface area contributed by atoms with Crippen molar-refractivity contribution >= 4 is 45.9 Å². The average Bonchev–Trinajstić information content (AvgIpc) is 3.49. The Labute approximate surface area is 178 Å². The van der Waals surface area contributed by atoms with Crippen LogP contribution in [-0.4, -0.2) is 22.8 Å². The van der Waals surface area contributed by atoms with Gasteiger partial charge in [0, 0.05) is 39.9 Å². The molecule has 0 bridgehead atoms. The van der Waals surface area contributed by atoms with Gasteiger partial charge in [0.1, 0.15) is 5.82 Å². The number of amides is 2. The summed E-state index contributed by atoms with van der Waals surface area (Å²) < 4.78 is 1.06. The van der Waals surface area contributed by atoms with Gasteiger partial charge in [-0.05, 0) is 77.2 Å². The summed E-state index contributed by atoms with van der Waals surface area (Å²) in [7, 11) is 0. The maximum absolute atomic E-state index is 12.6. The molecule has 0 unspecified atom stereocenters. The first-order chi connectivity index (χ1) is 13.4. The summed E-state index contributed by atoms with van der Waals surface area (Å²) in [6.45, 7) is 3.78. The summed E-state index contributed by atoms with van der Waals surface area (Å²) in [6.07, 6.45) is 4.10. The van der Waals surface area contributed by atoms with Crippen molar-refractivity contribution in [3.8, 4) is 0 Å². The van der Waals surface area contributed by atoms with Gasteiger partial charge in [-0.1, -0.05) is 6.92 Å². The first-order valence-electron chi connectivity index (χ1n) is 9.48. The highest BCUT2D eigenvalue weighted by Crippen LogP contribution is 2.50. The molecule has 1 aliphatic heterocycles. The van der Waals surface area contributed by atoms with E-state index in [4.69, 9.17) is 5.73 Å². The van der Waals surface area contributed by atoms with E-state index in [0.29, 0.717) is 11.5 Å². The SMILES string of the molecule is CC(=O)N1c2ccc(C(N)=O)cc2[C@H](Nc2ccc(I)cn2)[C@@H](C)[C@@H]1C1CC1. The number of nitrogens with one attached hydrogen (secondary N) is 1. The van der Waals surface area contributed by atoms with Gasteiger partial charge in [-0.15, -0.1) is 0 Å². The quantitative estimate of drug-likeness (QED) is 0.640. The van der Waals surface area contributed by atoms with Crippen LogP contribution in [0.4, 0.5) is 11.5 Å². The van der Waals surface area contributed by atoms with E-state index in [1.807, 2.05) is 35.4 Å². The van der Waals surface area contributed by atoms with Gasteiger partial charge in [-0.2, -0.15) is 0 Å². The van der Waals surface area contributed by atoms with Crippen LogP contribution in [-0.2, 0) is 4.79 Å². The summed E-state index contributed by atoms with van der Waals surface area (Å²) in [4.78, 5) is 30.8. The van der Waals surface area contributed by atoms with Crippen LogP contribution in [0.2, 0.25) is 0 Å². The molecule has 1 aromatic carbocycles. The minimum Gasteiger partial charge on any atom is -0.366 e. The van der Waals surface area contributed by atoms with Crippen LogP contribution in [0.3, 0.4) is 0 Å². The molecule has 28 heavy (non-hydrogen) atoms. The standard InChI is InChI=1S/C21H23IN4O2/c1-11-19(25-18-8-6-15(22)10-24-18)16-9-14(21(23)28)5-7-17(16)26(12(2)27)20(11)13-3-4-13/h5-11,13,19-20H,3-4H2,1-2H3,(H2,23,28)(H,24,25)/t11-,19-,20-/m1/s1. The second-order valence-electron chi connectivity index (χ2n) is 7.70. The Hall–Kier alpha value is -2.16. The van der Waals surface area contributed by atoms with E-state index in [9.17, 15) is 9.59 Å². The van der Waals surface area contributed by atoms with Crippen LogP contribution in [0.5, 0.6) is 0 Å². The molecule has 2 amide bonds. The maximum atomic E-state index is 12.6. The van der Waals surface area contributed by atoms with Gasteiger partial charge >= 0.3 is 0 Å². The minimum absolute atomic E-state index is 0.0302. The largest absolute Gasteiger partial charge is 0.366 e. The summed E-state index contributed by atoms with van der Waals surface area (Å²) >= 11 is 2.23. The number of rotatable bonds is 4. The van der Waals surface area contributed by atoms with Crippen molar-refractivity contribution in [3.05, 3.63) is 51.2 Å². The van der Waals surface area contributed by atoms with E-state index in [1.54, 1.807) is 13.0 Å². The molecular formula is C21H23IN4O2. The van der Waals surface area contributed by atoms with Crippen LogP contribution in [0.1, 0.15) is 48.7 Å². The van der Waals surface area contributed by atoms with E-state index >= 15 is 0 Å². The monoisotopic (exact) mass is 490 g/mol. The Bertz CT molecular complexity index is 927. The highest BCUT2D eigenvalue weighted by molar-refractivity contribution is 14.1. The highest BCUT2D eigenvalue weighted by Gasteiger charge is 2.47. The Kier molecular flexibility index (Phi) is 5.03. The third-order valence-electron chi connectivity index (χ3n) is 5.74. The van der Waals surface area contributed by atoms with Crippen molar-refractivity contribution in [1.29, 1.82) is 0 Å². The fourth-order valence-corrected chi connectivity index (χ4v) is 4.66. The number of carbonyl (C=O) groups excluding carboxylic acids is 2. The number of benzene rings is 1. The molecule has 1 aliphatic carbocycles. The predicted octanol–water partition coefficient (Wildman–Crippen LogP) is 3.72. The summed E-state index contributed by atoms with van der Waals surface area (Å²) in [5, 5.41) is 3.55. The number of hydrogen-bond acceptors (Lipinski definition) is 4. The maximum Gasteiger partial charge on any atom is 0.248 e. The zero-order chi connectivity index (χ0) is 20.0. The molecular weight excluding hydrogens is 467 g/mol. The number of carbonyl (C=O) groups is 2. The van der Waals surface area contributed by atoms with Crippen molar-refractivity contribution in [2.45, 2.75) is 38.8 Å². The van der Waals surface area contributed by atoms with Gasteiger partial charge in [0.25, 0.3) is 0 Å². The van der Waals surface area contributed by atoms with Crippen molar-refractivity contribution in [3.63, 3.8) is 0 Å². The number of nitrogens with two attached hydrogens (primary N) is 1. The number of pyridine rings is 1. The Morgan fingerprint density at radius 2 is 2.00 bits per heavy atom. The van der Waals surface area contributed by atoms with Crippen LogP contribution >= 0.6 is 22.6 Å². The second-order valence-corrected chi connectivity index (χ2v) is 8.94. The number of fused-ring (bicyclic) bond motifs is 1. The summed E-state index contributed by atoms with van der Waals surface area (Å²) in [5.41, 5.74) is 7.74. The number of hydrogen-bond donors (Lipinski definition) is 2. The second kappa shape index (κ2) is 7.35.